The maximum Gasteiger partial charge on any atom is 0.254 e. The van der Waals surface area contributed by atoms with Gasteiger partial charge < -0.3 is 9.64 Å². The van der Waals surface area contributed by atoms with E-state index in [0.717, 1.165) is 5.52 Å². The van der Waals surface area contributed by atoms with Crippen LogP contribution in [-0.4, -0.2) is 52.0 Å². The average molecular weight is 246 g/mol. The van der Waals surface area contributed by atoms with E-state index < -0.39 is 0 Å². The van der Waals surface area contributed by atoms with Gasteiger partial charge in [0.1, 0.15) is 11.0 Å². The molecule has 0 aliphatic carbocycles. The van der Waals surface area contributed by atoms with Crippen molar-refractivity contribution < 1.29 is 9.53 Å². The molecule has 0 radical (unpaired) electrons. The third-order valence-corrected chi connectivity index (χ3v) is 3.19. The summed E-state index contributed by atoms with van der Waals surface area (Å²) in [5.74, 6) is 0.0238. The van der Waals surface area contributed by atoms with Gasteiger partial charge >= 0.3 is 0 Å². The molecule has 1 aromatic heterocycles. The van der Waals surface area contributed by atoms with Gasteiger partial charge in [0.25, 0.3) is 5.91 Å². The Balaban J connectivity index is 1.90. The summed E-state index contributed by atoms with van der Waals surface area (Å²) in [6, 6.07) is 5.47. The number of aromatic nitrogens is 3. The highest BCUT2D eigenvalue weighted by Gasteiger charge is 2.24. The number of morpholine rings is 1. The number of ether oxygens (including phenoxy) is 1. The van der Waals surface area contributed by atoms with Crippen molar-refractivity contribution in [2.75, 3.05) is 19.8 Å². The van der Waals surface area contributed by atoms with Crippen LogP contribution in [0, 0.1) is 0 Å². The molecule has 0 bridgehead atoms. The lowest BCUT2D eigenvalue weighted by Crippen LogP contribution is -2.47. The van der Waals surface area contributed by atoms with E-state index in [2.05, 4.69) is 15.4 Å². The number of H-pyrrole nitrogens is 1. The fourth-order valence-corrected chi connectivity index (χ4v) is 2.17. The van der Waals surface area contributed by atoms with Crippen molar-refractivity contribution in [3.63, 3.8) is 0 Å². The van der Waals surface area contributed by atoms with Gasteiger partial charge in [-0.05, 0) is 25.1 Å². The van der Waals surface area contributed by atoms with Crippen LogP contribution >= 0.6 is 0 Å². The van der Waals surface area contributed by atoms with Crippen LogP contribution in [0.15, 0.2) is 18.2 Å². The lowest BCUT2D eigenvalue weighted by molar-refractivity contribution is 0.00360. The van der Waals surface area contributed by atoms with E-state index in [-0.39, 0.29) is 11.9 Å². The first-order valence-electron chi connectivity index (χ1n) is 5.95. The minimum absolute atomic E-state index is 0.0238. The average Bonchev–Trinajstić information content (AvgIpc) is 2.85. The molecule has 6 nitrogen and oxygen atoms in total. The Morgan fingerprint density at radius 1 is 1.44 bits per heavy atom. The summed E-state index contributed by atoms with van der Waals surface area (Å²) in [7, 11) is 0. The van der Waals surface area contributed by atoms with Gasteiger partial charge in [-0.1, -0.05) is 0 Å². The lowest BCUT2D eigenvalue weighted by atomic mass is 10.1. The Morgan fingerprint density at radius 3 is 3.11 bits per heavy atom. The van der Waals surface area contributed by atoms with E-state index in [1.165, 1.54) is 0 Å². The summed E-state index contributed by atoms with van der Waals surface area (Å²) in [5, 5.41) is 10.5. The molecular formula is C12H14N4O2. The van der Waals surface area contributed by atoms with Gasteiger partial charge in [0.05, 0.1) is 19.3 Å². The van der Waals surface area contributed by atoms with Crippen LogP contribution < -0.4 is 0 Å². The summed E-state index contributed by atoms with van der Waals surface area (Å²) < 4.78 is 5.33. The number of hydrogen-bond donors (Lipinski definition) is 1. The number of aromatic amines is 1. The van der Waals surface area contributed by atoms with Crippen LogP contribution in [0.2, 0.25) is 0 Å². The first-order valence-corrected chi connectivity index (χ1v) is 5.95. The highest BCUT2D eigenvalue weighted by Crippen LogP contribution is 2.15. The Hall–Kier alpha value is -1.95. The molecule has 1 aliphatic rings. The zero-order chi connectivity index (χ0) is 12.5. The minimum Gasteiger partial charge on any atom is -0.377 e. The number of nitrogens with one attached hydrogen (secondary N) is 1. The van der Waals surface area contributed by atoms with Gasteiger partial charge in [-0.25, -0.2) is 0 Å². The van der Waals surface area contributed by atoms with Crippen LogP contribution in [0.3, 0.4) is 0 Å². The van der Waals surface area contributed by atoms with E-state index >= 15 is 0 Å². The molecule has 1 N–H and O–H groups in total. The zero-order valence-corrected chi connectivity index (χ0v) is 10.1. The van der Waals surface area contributed by atoms with Crippen molar-refractivity contribution in [1.29, 1.82) is 0 Å². The maximum absolute atomic E-state index is 12.4. The normalized spacial score (nSPS) is 20.3. The minimum atomic E-state index is 0.0238. The highest BCUT2D eigenvalue weighted by atomic mass is 16.5. The monoisotopic (exact) mass is 246 g/mol. The summed E-state index contributed by atoms with van der Waals surface area (Å²) >= 11 is 0. The van der Waals surface area contributed by atoms with E-state index in [0.29, 0.717) is 30.8 Å². The summed E-state index contributed by atoms with van der Waals surface area (Å²) in [6.07, 6.45) is 0. The number of carbonyl (C=O) groups excluding carboxylic acids is 1. The number of rotatable bonds is 1. The second-order valence-corrected chi connectivity index (χ2v) is 4.45. The number of amides is 1. The molecule has 0 spiro atoms. The predicted molar refractivity (Wildman–Crippen MR) is 65.2 cm³/mol. The van der Waals surface area contributed by atoms with Gasteiger partial charge in [0.15, 0.2) is 0 Å². The molecule has 2 heterocycles. The first kappa shape index (κ1) is 11.2. The number of carbonyl (C=O) groups is 1. The van der Waals surface area contributed by atoms with Gasteiger partial charge in [-0.2, -0.15) is 15.4 Å². The molecule has 1 aliphatic heterocycles. The quantitative estimate of drug-likeness (QED) is 0.808. The number of fused-ring (bicyclic) bond motifs is 1. The topological polar surface area (TPSA) is 71.1 Å². The third-order valence-electron chi connectivity index (χ3n) is 3.19. The standard InChI is InChI=1S/C12H14N4O2/c1-8-7-18-5-4-16(8)12(17)9-2-3-10-11(6-9)14-15-13-10/h2-3,6,8H,4-5,7H2,1H3,(H,13,14,15)/t8-/m0/s1. The van der Waals surface area contributed by atoms with Crippen LogP contribution in [0.1, 0.15) is 17.3 Å². The molecule has 1 fully saturated rings. The first-order chi connectivity index (χ1) is 8.75. The highest BCUT2D eigenvalue weighted by molar-refractivity contribution is 5.97. The fraction of sp³-hybridized carbons (Fsp3) is 0.417. The zero-order valence-electron chi connectivity index (χ0n) is 10.1. The molecule has 1 amide bonds. The molecule has 94 valence electrons. The second-order valence-electron chi connectivity index (χ2n) is 4.45. The van der Waals surface area contributed by atoms with Crippen molar-refractivity contribution in [3.8, 4) is 0 Å². The number of hydrogen-bond acceptors (Lipinski definition) is 4. The van der Waals surface area contributed by atoms with Crippen molar-refractivity contribution in [2.45, 2.75) is 13.0 Å². The van der Waals surface area contributed by atoms with Gasteiger partial charge in [0, 0.05) is 12.1 Å². The molecule has 18 heavy (non-hydrogen) atoms. The summed E-state index contributed by atoms with van der Waals surface area (Å²) in [6.45, 7) is 3.82. The van der Waals surface area contributed by atoms with Crippen LogP contribution in [0.4, 0.5) is 0 Å². The Morgan fingerprint density at radius 2 is 2.28 bits per heavy atom. The molecule has 6 heteroatoms. The van der Waals surface area contributed by atoms with Crippen LogP contribution in [0.5, 0.6) is 0 Å². The smallest absolute Gasteiger partial charge is 0.254 e. The predicted octanol–water partition coefficient (Wildman–Crippen LogP) is 0.819. The fourth-order valence-electron chi connectivity index (χ4n) is 2.17. The van der Waals surface area contributed by atoms with Crippen LogP contribution in [-0.2, 0) is 4.74 Å². The summed E-state index contributed by atoms with van der Waals surface area (Å²) in [4.78, 5) is 14.2. The summed E-state index contributed by atoms with van der Waals surface area (Å²) in [5.41, 5.74) is 2.12. The van der Waals surface area contributed by atoms with Crippen molar-refractivity contribution in [1.82, 2.24) is 20.3 Å². The Bertz CT molecular complexity index is 580. The molecule has 0 unspecified atom stereocenters. The molecule has 1 atom stereocenters. The molecule has 1 aromatic carbocycles. The third kappa shape index (κ3) is 1.84. The van der Waals surface area contributed by atoms with E-state index in [9.17, 15) is 4.79 Å². The Kier molecular flexibility index (Phi) is 2.71. The van der Waals surface area contributed by atoms with Crippen molar-refractivity contribution in [3.05, 3.63) is 23.8 Å². The number of benzene rings is 1. The molecular weight excluding hydrogens is 232 g/mol. The molecule has 3 rings (SSSR count). The molecule has 0 saturated carbocycles. The van der Waals surface area contributed by atoms with E-state index in [1.54, 1.807) is 18.2 Å². The van der Waals surface area contributed by atoms with Crippen molar-refractivity contribution >= 4 is 16.9 Å². The van der Waals surface area contributed by atoms with Crippen molar-refractivity contribution in [2.24, 2.45) is 0 Å². The van der Waals surface area contributed by atoms with Gasteiger partial charge in [-0.15, -0.1) is 0 Å². The van der Waals surface area contributed by atoms with Gasteiger partial charge in [0.2, 0.25) is 0 Å². The SMILES string of the molecule is C[C@H]1COCCN1C(=O)c1ccc2n[nH]nc2c1. The Labute approximate surface area is 104 Å². The van der Waals surface area contributed by atoms with E-state index in [1.807, 2.05) is 11.8 Å². The second kappa shape index (κ2) is 4.38. The number of nitrogens with zero attached hydrogens (tertiary/aromatic N) is 3. The largest absolute Gasteiger partial charge is 0.377 e. The lowest BCUT2D eigenvalue weighted by Gasteiger charge is -2.33. The van der Waals surface area contributed by atoms with E-state index in [4.69, 9.17) is 4.74 Å². The van der Waals surface area contributed by atoms with Gasteiger partial charge in [-0.3, -0.25) is 4.79 Å². The molecule has 2 aromatic rings. The van der Waals surface area contributed by atoms with Crippen LogP contribution in [0.25, 0.3) is 11.0 Å². The molecule has 1 saturated heterocycles. The maximum atomic E-state index is 12.4.